The van der Waals surface area contributed by atoms with Gasteiger partial charge in [-0.15, -0.1) is 11.3 Å². The highest BCUT2D eigenvalue weighted by molar-refractivity contribution is 7.09. The van der Waals surface area contributed by atoms with Gasteiger partial charge < -0.3 is 5.73 Å². The van der Waals surface area contributed by atoms with E-state index in [0.717, 1.165) is 5.01 Å². The van der Waals surface area contributed by atoms with Crippen molar-refractivity contribution in [1.29, 1.82) is 0 Å². The molecule has 0 saturated heterocycles. The smallest absolute Gasteiger partial charge is 0.232 e. The molecular weight excluding hydrogens is 212 g/mol. The zero-order valence-corrected chi connectivity index (χ0v) is 8.57. The van der Waals surface area contributed by atoms with Crippen molar-refractivity contribution in [3.05, 3.63) is 40.4 Å². The number of aromatic nitrogens is 3. The summed E-state index contributed by atoms with van der Waals surface area (Å²) in [6, 6.07) is 0. The van der Waals surface area contributed by atoms with Gasteiger partial charge in [0.1, 0.15) is 16.4 Å². The van der Waals surface area contributed by atoms with Crippen LogP contribution in [-0.4, -0.2) is 20.7 Å². The van der Waals surface area contributed by atoms with Crippen LogP contribution in [0.3, 0.4) is 0 Å². The van der Waals surface area contributed by atoms with Gasteiger partial charge in [-0.05, 0) is 0 Å². The number of hydrogen-bond donors (Lipinski definition) is 1. The molecule has 0 atom stereocenters. The molecular formula is C9H8N4OS. The average Bonchev–Trinajstić information content (AvgIpc) is 2.78. The fourth-order valence-corrected chi connectivity index (χ4v) is 1.71. The summed E-state index contributed by atoms with van der Waals surface area (Å²) in [7, 11) is 0. The molecule has 0 aliphatic rings. The van der Waals surface area contributed by atoms with Crippen molar-refractivity contribution < 1.29 is 4.79 Å². The van der Waals surface area contributed by atoms with Crippen molar-refractivity contribution in [2.75, 3.05) is 0 Å². The molecule has 76 valence electrons. The van der Waals surface area contributed by atoms with Gasteiger partial charge in [0.25, 0.3) is 0 Å². The lowest BCUT2D eigenvalue weighted by Gasteiger charge is -1.93. The van der Waals surface area contributed by atoms with E-state index in [9.17, 15) is 4.79 Å². The number of hydrogen-bond acceptors (Lipinski definition) is 6. The normalized spacial score (nSPS) is 10.2. The Morgan fingerprint density at radius 3 is 2.87 bits per heavy atom. The first-order chi connectivity index (χ1) is 7.31. The van der Waals surface area contributed by atoms with Gasteiger partial charge in [-0.25, -0.2) is 9.97 Å². The molecule has 0 amide bonds. The topological polar surface area (TPSA) is 81.8 Å². The number of carbonyl (C=O) groups excluding carboxylic acids is 1. The van der Waals surface area contributed by atoms with Gasteiger partial charge >= 0.3 is 0 Å². The Kier molecular flexibility index (Phi) is 2.79. The Morgan fingerprint density at radius 2 is 2.27 bits per heavy atom. The van der Waals surface area contributed by atoms with Crippen LogP contribution in [0.15, 0.2) is 24.0 Å². The predicted molar refractivity (Wildman–Crippen MR) is 55.5 cm³/mol. The van der Waals surface area contributed by atoms with E-state index in [-0.39, 0.29) is 5.78 Å². The second-order valence-corrected chi connectivity index (χ2v) is 3.69. The Morgan fingerprint density at radius 1 is 1.40 bits per heavy atom. The molecule has 15 heavy (non-hydrogen) atoms. The first-order valence-corrected chi connectivity index (χ1v) is 5.14. The largest absolute Gasteiger partial charge is 0.325 e. The molecule has 0 radical (unpaired) electrons. The molecule has 2 N–H and O–H groups in total. The van der Waals surface area contributed by atoms with E-state index in [2.05, 4.69) is 15.0 Å². The zero-order valence-electron chi connectivity index (χ0n) is 7.75. The second-order valence-electron chi connectivity index (χ2n) is 2.75. The summed E-state index contributed by atoms with van der Waals surface area (Å²) in [5.74, 6) is -0.223. The van der Waals surface area contributed by atoms with Crippen LogP contribution in [0.25, 0.3) is 0 Å². The van der Waals surface area contributed by atoms with E-state index in [1.165, 1.54) is 29.9 Å². The standard InChI is InChI=1S/C9H8N4OS/c10-3-8-13-7(5-15-8)9(14)6-4-11-1-2-12-6/h1-2,4-5H,3,10H2. The number of ketones is 1. The minimum Gasteiger partial charge on any atom is -0.325 e. The molecule has 0 saturated carbocycles. The third-order valence-corrected chi connectivity index (χ3v) is 2.63. The summed E-state index contributed by atoms with van der Waals surface area (Å²) in [6.45, 7) is 0.346. The van der Waals surface area contributed by atoms with Crippen molar-refractivity contribution in [1.82, 2.24) is 15.0 Å². The first-order valence-electron chi connectivity index (χ1n) is 4.26. The summed E-state index contributed by atoms with van der Waals surface area (Å²) >= 11 is 1.37. The molecule has 0 fully saturated rings. The van der Waals surface area contributed by atoms with Crippen molar-refractivity contribution in [2.45, 2.75) is 6.54 Å². The van der Waals surface area contributed by atoms with E-state index in [0.29, 0.717) is 17.9 Å². The highest BCUT2D eigenvalue weighted by Gasteiger charge is 2.13. The fourth-order valence-electron chi connectivity index (χ4n) is 1.06. The molecule has 0 unspecified atom stereocenters. The highest BCUT2D eigenvalue weighted by atomic mass is 32.1. The third kappa shape index (κ3) is 2.05. The Balaban J connectivity index is 2.29. The molecule has 2 aromatic rings. The van der Waals surface area contributed by atoms with Gasteiger partial charge in [-0.2, -0.15) is 0 Å². The number of carbonyl (C=O) groups is 1. The van der Waals surface area contributed by atoms with Crippen LogP contribution in [0.5, 0.6) is 0 Å². The highest BCUT2D eigenvalue weighted by Crippen LogP contribution is 2.11. The number of nitrogens with zero attached hydrogens (tertiary/aromatic N) is 3. The second kappa shape index (κ2) is 4.24. The lowest BCUT2D eigenvalue weighted by Crippen LogP contribution is -2.05. The summed E-state index contributed by atoms with van der Waals surface area (Å²) < 4.78 is 0. The monoisotopic (exact) mass is 220 g/mol. The van der Waals surface area contributed by atoms with E-state index in [1.807, 2.05) is 0 Å². The van der Waals surface area contributed by atoms with Crippen LogP contribution in [0.1, 0.15) is 21.2 Å². The quantitative estimate of drug-likeness (QED) is 0.767. The maximum atomic E-state index is 11.8. The molecule has 0 aromatic carbocycles. The molecule has 2 heterocycles. The van der Waals surface area contributed by atoms with Crippen LogP contribution in [0.4, 0.5) is 0 Å². The molecule has 2 rings (SSSR count). The number of thiazole rings is 1. The Labute approximate surface area is 90.0 Å². The number of rotatable bonds is 3. The summed E-state index contributed by atoms with van der Waals surface area (Å²) in [6.07, 6.45) is 4.41. The van der Waals surface area contributed by atoms with Crippen molar-refractivity contribution >= 4 is 17.1 Å². The van der Waals surface area contributed by atoms with Gasteiger partial charge in [0.05, 0.1) is 6.20 Å². The van der Waals surface area contributed by atoms with E-state index in [4.69, 9.17) is 5.73 Å². The molecule has 0 spiro atoms. The lowest BCUT2D eigenvalue weighted by molar-refractivity contribution is 0.103. The van der Waals surface area contributed by atoms with Crippen molar-refractivity contribution in [2.24, 2.45) is 5.73 Å². The minimum atomic E-state index is -0.223. The summed E-state index contributed by atoms with van der Waals surface area (Å²) in [4.78, 5) is 23.6. The van der Waals surface area contributed by atoms with Gasteiger partial charge in [0.15, 0.2) is 0 Å². The van der Waals surface area contributed by atoms with Crippen LogP contribution in [-0.2, 0) is 6.54 Å². The van der Waals surface area contributed by atoms with Gasteiger partial charge in [0, 0.05) is 24.3 Å². The minimum absolute atomic E-state index is 0.223. The Hall–Kier alpha value is -1.66. The number of nitrogens with two attached hydrogens (primary N) is 1. The SMILES string of the molecule is NCc1nc(C(=O)c2cnccn2)cs1. The molecule has 6 heteroatoms. The molecule has 0 aliphatic carbocycles. The van der Waals surface area contributed by atoms with Gasteiger partial charge in [0.2, 0.25) is 5.78 Å². The maximum Gasteiger partial charge on any atom is 0.232 e. The maximum absolute atomic E-state index is 11.8. The summed E-state index contributed by atoms with van der Waals surface area (Å²) in [5.41, 5.74) is 6.08. The van der Waals surface area contributed by atoms with Crippen LogP contribution < -0.4 is 5.73 Å². The molecule has 5 nitrogen and oxygen atoms in total. The molecule has 0 bridgehead atoms. The third-order valence-electron chi connectivity index (χ3n) is 1.75. The predicted octanol–water partition coefficient (Wildman–Crippen LogP) is 0.623. The Bertz CT molecular complexity index is 468. The van der Waals surface area contributed by atoms with E-state index in [1.54, 1.807) is 5.38 Å². The van der Waals surface area contributed by atoms with Crippen molar-refractivity contribution in [3.8, 4) is 0 Å². The van der Waals surface area contributed by atoms with Crippen molar-refractivity contribution in [3.63, 3.8) is 0 Å². The van der Waals surface area contributed by atoms with Gasteiger partial charge in [-0.1, -0.05) is 0 Å². The van der Waals surface area contributed by atoms with Crippen LogP contribution >= 0.6 is 11.3 Å². The fraction of sp³-hybridized carbons (Fsp3) is 0.111. The average molecular weight is 220 g/mol. The van der Waals surface area contributed by atoms with E-state index >= 15 is 0 Å². The van der Waals surface area contributed by atoms with E-state index < -0.39 is 0 Å². The molecule has 0 aliphatic heterocycles. The molecule has 2 aromatic heterocycles. The van der Waals surface area contributed by atoms with Crippen LogP contribution in [0, 0.1) is 0 Å². The van der Waals surface area contributed by atoms with Gasteiger partial charge in [-0.3, -0.25) is 9.78 Å². The lowest BCUT2D eigenvalue weighted by atomic mass is 10.2. The summed E-state index contributed by atoms with van der Waals surface area (Å²) in [5, 5.41) is 2.42. The first kappa shape index (κ1) is 9.88. The zero-order chi connectivity index (χ0) is 10.7. The van der Waals surface area contributed by atoms with Crippen LogP contribution in [0.2, 0.25) is 0 Å².